The predicted molar refractivity (Wildman–Crippen MR) is 28.2 cm³/mol. The second-order valence-corrected chi connectivity index (χ2v) is 2.55. The van der Waals surface area contributed by atoms with Crippen LogP contribution >= 0.6 is 0 Å². The fourth-order valence-corrected chi connectivity index (χ4v) is 1.15. The molecule has 0 fully saturated rings. The summed E-state index contributed by atoms with van der Waals surface area (Å²) < 4.78 is 30.4. The molecule has 0 unspecified atom stereocenters. The van der Waals surface area contributed by atoms with Gasteiger partial charge in [-0.2, -0.15) is 8.78 Å². The van der Waals surface area contributed by atoms with Crippen molar-refractivity contribution in [3.05, 3.63) is 16.1 Å². The Morgan fingerprint density at radius 2 is 2.36 bits per heavy atom. The van der Waals surface area contributed by atoms with Crippen LogP contribution in [0.2, 0.25) is 0 Å². The number of alkyl halides is 2. The van der Waals surface area contributed by atoms with E-state index < -0.39 is 24.5 Å². The molecule has 1 aliphatic heterocycles. The first-order valence-corrected chi connectivity index (χ1v) is 3.06. The minimum atomic E-state index is -2.80. The lowest BCUT2D eigenvalue weighted by Crippen LogP contribution is -2.38. The molecule has 0 saturated heterocycles. The van der Waals surface area contributed by atoms with Crippen molar-refractivity contribution < 1.29 is 18.0 Å². The maximum absolute atomic E-state index is 12.5. The van der Waals surface area contributed by atoms with Gasteiger partial charge in [-0.3, -0.25) is 4.52 Å². The molecule has 0 aromatic carbocycles. The van der Waals surface area contributed by atoms with Crippen LogP contribution in [0.4, 0.5) is 8.78 Å². The first-order valence-electron chi connectivity index (χ1n) is 3.06. The molecule has 60 valence electrons. The molecule has 2 heterocycles. The highest BCUT2D eigenvalue weighted by Gasteiger charge is 2.48. The SMILES string of the molecule is O=c1o[nH][n+]2c1CC(F)(F)C2. The summed E-state index contributed by atoms with van der Waals surface area (Å²) in [4.78, 5) is 10.6. The lowest BCUT2D eigenvalue weighted by molar-refractivity contribution is -0.765. The van der Waals surface area contributed by atoms with E-state index in [1.165, 1.54) is 0 Å². The van der Waals surface area contributed by atoms with Crippen molar-refractivity contribution >= 4 is 0 Å². The lowest BCUT2D eigenvalue weighted by atomic mass is 10.2. The van der Waals surface area contributed by atoms with Gasteiger partial charge in [-0.15, -0.1) is 0 Å². The van der Waals surface area contributed by atoms with Crippen LogP contribution < -0.4 is 10.3 Å². The van der Waals surface area contributed by atoms with E-state index in [0.717, 1.165) is 4.68 Å². The Hall–Kier alpha value is -1.20. The van der Waals surface area contributed by atoms with Crippen molar-refractivity contribution in [2.45, 2.75) is 18.9 Å². The topological polar surface area (TPSA) is 49.9 Å². The van der Waals surface area contributed by atoms with Crippen molar-refractivity contribution in [1.29, 1.82) is 0 Å². The number of nitrogens with zero attached hydrogens (tertiary/aromatic N) is 1. The van der Waals surface area contributed by atoms with Gasteiger partial charge in [0.05, 0.1) is 0 Å². The van der Waals surface area contributed by atoms with Gasteiger partial charge in [-0.05, 0) is 5.27 Å². The first kappa shape index (κ1) is 6.51. The van der Waals surface area contributed by atoms with Crippen molar-refractivity contribution in [3.8, 4) is 0 Å². The van der Waals surface area contributed by atoms with Gasteiger partial charge in [0.1, 0.15) is 6.42 Å². The van der Waals surface area contributed by atoms with E-state index >= 15 is 0 Å². The maximum Gasteiger partial charge on any atom is 0.430 e. The number of aromatic amines is 1. The highest BCUT2D eigenvalue weighted by molar-refractivity contribution is 4.92. The number of fused-ring (bicyclic) bond motifs is 1. The molecule has 0 aliphatic carbocycles. The molecule has 0 saturated carbocycles. The summed E-state index contributed by atoms with van der Waals surface area (Å²) in [5, 5.41) is 2.09. The van der Waals surface area contributed by atoms with Gasteiger partial charge in [0.2, 0.25) is 6.54 Å². The molecule has 1 aromatic rings. The number of nitrogens with one attached hydrogen (secondary N) is 1. The minimum absolute atomic E-state index is 0.00926. The monoisotopic (exact) mass is 163 g/mol. The average Bonchev–Trinajstić information content (AvgIpc) is 2.31. The van der Waals surface area contributed by atoms with Crippen molar-refractivity contribution in [2.75, 3.05) is 0 Å². The van der Waals surface area contributed by atoms with E-state index in [9.17, 15) is 13.6 Å². The van der Waals surface area contributed by atoms with Crippen molar-refractivity contribution in [1.82, 2.24) is 5.27 Å². The molecule has 6 heteroatoms. The molecule has 1 aromatic heterocycles. The second kappa shape index (κ2) is 1.69. The van der Waals surface area contributed by atoms with Crippen molar-refractivity contribution in [3.63, 3.8) is 0 Å². The zero-order valence-corrected chi connectivity index (χ0v) is 5.43. The Morgan fingerprint density at radius 3 is 3.00 bits per heavy atom. The Balaban J connectivity index is 2.50. The summed E-state index contributed by atoms with van der Waals surface area (Å²) in [5.74, 6) is -2.80. The Morgan fingerprint density at radius 1 is 1.64 bits per heavy atom. The van der Waals surface area contributed by atoms with Crippen LogP contribution in [0.5, 0.6) is 0 Å². The molecule has 0 radical (unpaired) electrons. The smallest absolute Gasteiger partial charge is 0.283 e. The van der Waals surface area contributed by atoms with Gasteiger partial charge < -0.3 is 0 Å². The Kier molecular flexibility index (Phi) is 1.000. The predicted octanol–water partition coefficient (Wildman–Crippen LogP) is -0.553. The zero-order chi connectivity index (χ0) is 8.06. The summed E-state index contributed by atoms with van der Waals surface area (Å²) >= 11 is 0. The molecule has 11 heavy (non-hydrogen) atoms. The third-order valence-electron chi connectivity index (χ3n) is 1.63. The number of H-pyrrole nitrogens is 1. The number of aromatic nitrogens is 2. The number of halogens is 2. The highest BCUT2D eigenvalue weighted by Crippen LogP contribution is 2.21. The third-order valence-corrected chi connectivity index (χ3v) is 1.63. The standard InChI is InChI=1S/C5H4F2N2O2/c6-5(7)1-3-4(10)11-8-9(3)2-5/h1-2H2/p+1. The molecular weight excluding hydrogens is 158 g/mol. The maximum atomic E-state index is 12.5. The van der Waals surface area contributed by atoms with Crippen LogP contribution in [0.3, 0.4) is 0 Å². The van der Waals surface area contributed by atoms with Gasteiger partial charge in [-0.1, -0.05) is 4.68 Å². The molecule has 0 bridgehead atoms. The van der Waals surface area contributed by atoms with Crippen molar-refractivity contribution in [2.24, 2.45) is 0 Å². The van der Waals surface area contributed by atoms with Crippen LogP contribution in [-0.4, -0.2) is 11.2 Å². The second-order valence-electron chi connectivity index (χ2n) is 2.55. The van der Waals surface area contributed by atoms with Gasteiger partial charge in [0, 0.05) is 0 Å². The molecule has 0 atom stereocenters. The largest absolute Gasteiger partial charge is 0.430 e. The van der Waals surface area contributed by atoms with Gasteiger partial charge >= 0.3 is 17.2 Å². The highest BCUT2D eigenvalue weighted by atomic mass is 19.3. The fourth-order valence-electron chi connectivity index (χ4n) is 1.15. The number of hydrogen-bond acceptors (Lipinski definition) is 2. The van der Waals surface area contributed by atoms with Gasteiger partial charge in [0.15, 0.2) is 0 Å². The molecular formula is C5H5F2N2O2+. The zero-order valence-electron chi connectivity index (χ0n) is 5.43. The summed E-state index contributed by atoms with van der Waals surface area (Å²) in [7, 11) is 0. The van der Waals surface area contributed by atoms with Crippen LogP contribution in [-0.2, 0) is 13.0 Å². The van der Waals surface area contributed by atoms with Gasteiger partial charge in [-0.25, -0.2) is 4.79 Å². The summed E-state index contributed by atoms with van der Waals surface area (Å²) in [6.07, 6.45) is -0.529. The van der Waals surface area contributed by atoms with Crippen LogP contribution in [0.1, 0.15) is 5.69 Å². The Labute approximate surface area is 59.4 Å². The number of rotatable bonds is 0. The minimum Gasteiger partial charge on any atom is -0.283 e. The molecule has 2 rings (SSSR count). The molecule has 1 N–H and O–H groups in total. The van der Waals surface area contributed by atoms with E-state index in [0.29, 0.717) is 0 Å². The first-order chi connectivity index (χ1) is 5.08. The molecule has 0 amide bonds. The molecule has 0 spiro atoms. The van der Waals surface area contributed by atoms with E-state index in [2.05, 4.69) is 9.79 Å². The normalized spacial score (nSPS) is 20.2. The van der Waals surface area contributed by atoms with E-state index in [-0.39, 0.29) is 5.69 Å². The van der Waals surface area contributed by atoms with Gasteiger partial charge in [0.25, 0.3) is 0 Å². The average molecular weight is 163 g/mol. The summed E-state index contributed by atoms with van der Waals surface area (Å²) in [6.45, 7) is -0.492. The third kappa shape index (κ3) is 0.856. The molecule has 4 nitrogen and oxygen atoms in total. The van der Waals surface area contributed by atoms with E-state index in [1.54, 1.807) is 0 Å². The van der Waals surface area contributed by atoms with E-state index in [1.807, 2.05) is 0 Å². The summed E-state index contributed by atoms with van der Waals surface area (Å²) in [5.41, 5.74) is -0.697. The lowest BCUT2D eigenvalue weighted by Gasteiger charge is -1.97. The quantitative estimate of drug-likeness (QED) is 0.521. The molecule has 1 aliphatic rings. The van der Waals surface area contributed by atoms with E-state index in [4.69, 9.17) is 0 Å². The van der Waals surface area contributed by atoms with Crippen LogP contribution in [0.15, 0.2) is 9.32 Å². The fraction of sp³-hybridized carbons (Fsp3) is 0.600. The van der Waals surface area contributed by atoms with Crippen LogP contribution in [0.25, 0.3) is 0 Å². The summed E-state index contributed by atoms with van der Waals surface area (Å²) in [6, 6.07) is 0. The van der Waals surface area contributed by atoms with Crippen LogP contribution in [0, 0.1) is 0 Å². The Bertz CT molecular complexity index is 340. The number of hydrogen-bond donors (Lipinski definition) is 1.